The summed E-state index contributed by atoms with van der Waals surface area (Å²) in [4.78, 5) is 2.32. The summed E-state index contributed by atoms with van der Waals surface area (Å²) in [5.41, 5.74) is 8.87. The number of nitrogen functional groups attached to an aromatic ring is 1. The van der Waals surface area contributed by atoms with Crippen LogP contribution in [0.15, 0.2) is 18.2 Å². The minimum absolute atomic E-state index is 0.161. The predicted molar refractivity (Wildman–Crippen MR) is 72.9 cm³/mol. The van der Waals surface area contributed by atoms with Crippen molar-refractivity contribution in [3.05, 3.63) is 29.3 Å². The average Bonchev–Trinajstić information content (AvgIpc) is 2.81. The van der Waals surface area contributed by atoms with Gasteiger partial charge in [0.15, 0.2) is 0 Å². The normalized spacial score (nSPS) is 16.1. The van der Waals surface area contributed by atoms with E-state index < -0.39 is 0 Å². The van der Waals surface area contributed by atoms with Crippen LogP contribution in [0.2, 0.25) is 0 Å². The van der Waals surface area contributed by atoms with Gasteiger partial charge in [-0.2, -0.15) is 0 Å². The Bertz CT molecular complexity index is 419. The molecule has 2 rings (SSSR count). The molecule has 1 saturated carbocycles. The summed E-state index contributed by atoms with van der Waals surface area (Å²) in [5, 5.41) is 7.69. The van der Waals surface area contributed by atoms with Crippen molar-refractivity contribution in [1.82, 2.24) is 0 Å². The molecule has 1 aliphatic rings. The molecule has 1 aromatic rings. The van der Waals surface area contributed by atoms with E-state index in [2.05, 4.69) is 24.9 Å². The average molecular weight is 231 g/mol. The molecule has 17 heavy (non-hydrogen) atoms. The number of benzene rings is 1. The standard InChI is InChI=1S/C14H21N3/c1-10-6-5-9-12(14(15)16)13(10)17(2)11-7-3-4-8-11/h5-6,9,11H,3-4,7-8H2,1-2H3,(H3,15,16). The van der Waals surface area contributed by atoms with Crippen molar-refractivity contribution in [2.24, 2.45) is 5.73 Å². The van der Waals surface area contributed by atoms with Gasteiger partial charge in [0, 0.05) is 18.7 Å². The molecule has 1 fully saturated rings. The third-order valence-corrected chi connectivity index (χ3v) is 3.75. The van der Waals surface area contributed by atoms with Crippen molar-refractivity contribution in [1.29, 1.82) is 5.41 Å². The number of anilines is 1. The van der Waals surface area contributed by atoms with Crippen LogP contribution in [0, 0.1) is 12.3 Å². The quantitative estimate of drug-likeness (QED) is 0.620. The number of rotatable bonds is 3. The zero-order valence-corrected chi connectivity index (χ0v) is 10.7. The summed E-state index contributed by atoms with van der Waals surface area (Å²) in [6.07, 6.45) is 5.14. The van der Waals surface area contributed by atoms with Crippen molar-refractivity contribution in [2.45, 2.75) is 38.6 Å². The second-order valence-electron chi connectivity index (χ2n) is 4.93. The molecule has 0 bridgehead atoms. The maximum Gasteiger partial charge on any atom is 0.124 e. The minimum atomic E-state index is 0.161. The molecular formula is C14H21N3. The largest absolute Gasteiger partial charge is 0.384 e. The first-order valence-corrected chi connectivity index (χ1v) is 6.28. The van der Waals surface area contributed by atoms with E-state index in [1.54, 1.807) is 0 Å². The van der Waals surface area contributed by atoms with Crippen LogP contribution < -0.4 is 10.6 Å². The van der Waals surface area contributed by atoms with Gasteiger partial charge in [-0.1, -0.05) is 25.0 Å². The number of hydrogen-bond acceptors (Lipinski definition) is 2. The van der Waals surface area contributed by atoms with Gasteiger partial charge in [0.25, 0.3) is 0 Å². The van der Waals surface area contributed by atoms with Crippen molar-refractivity contribution < 1.29 is 0 Å². The molecule has 0 saturated heterocycles. The number of para-hydroxylation sites is 1. The van der Waals surface area contributed by atoms with Gasteiger partial charge in [-0.3, -0.25) is 5.41 Å². The Kier molecular flexibility index (Phi) is 3.36. The van der Waals surface area contributed by atoms with Crippen LogP contribution in [0.5, 0.6) is 0 Å². The summed E-state index contributed by atoms with van der Waals surface area (Å²) in [6, 6.07) is 6.61. The summed E-state index contributed by atoms with van der Waals surface area (Å²) < 4.78 is 0. The van der Waals surface area contributed by atoms with Crippen molar-refractivity contribution in [3.63, 3.8) is 0 Å². The van der Waals surface area contributed by atoms with Crippen LogP contribution in [0.3, 0.4) is 0 Å². The SMILES string of the molecule is Cc1cccc(C(=N)N)c1N(C)C1CCCC1. The maximum absolute atomic E-state index is 7.69. The molecule has 0 atom stereocenters. The third kappa shape index (κ3) is 2.28. The van der Waals surface area contributed by atoms with E-state index >= 15 is 0 Å². The van der Waals surface area contributed by atoms with Gasteiger partial charge in [-0.15, -0.1) is 0 Å². The number of amidine groups is 1. The van der Waals surface area contributed by atoms with Crippen molar-refractivity contribution >= 4 is 11.5 Å². The van der Waals surface area contributed by atoms with Gasteiger partial charge in [0.1, 0.15) is 5.84 Å². The topological polar surface area (TPSA) is 53.1 Å². The molecule has 0 unspecified atom stereocenters. The molecule has 3 N–H and O–H groups in total. The van der Waals surface area contributed by atoms with E-state index in [0.29, 0.717) is 6.04 Å². The summed E-state index contributed by atoms with van der Waals surface area (Å²) in [7, 11) is 2.13. The Morgan fingerprint density at radius 1 is 1.35 bits per heavy atom. The van der Waals surface area contributed by atoms with Gasteiger partial charge < -0.3 is 10.6 Å². The van der Waals surface area contributed by atoms with E-state index in [1.165, 1.54) is 31.2 Å². The van der Waals surface area contributed by atoms with E-state index in [0.717, 1.165) is 11.3 Å². The summed E-state index contributed by atoms with van der Waals surface area (Å²) in [6.45, 7) is 2.09. The van der Waals surface area contributed by atoms with Crippen LogP contribution >= 0.6 is 0 Å². The van der Waals surface area contributed by atoms with Crippen LogP contribution in [0.1, 0.15) is 36.8 Å². The molecule has 0 radical (unpaired) electrons. The van der Waals surface area contributed by atoms with Gasteiger partial charge >= 0.3 is 0 Å². The van der Waals surface area contributed by atoms with Crippen LogP contribution in [0.4, 0.5) is 5.69 Å². The lowest BCUT2D eigenvalue weighted by Gasteiger charge is -2.30. The van der Waals surface area contributed by atoms with E-state index in [4.69, 9.17) is 11.1 Å². The van der Waals surface area contributed by atoms with Crippen LogP contribution in [-0.2, 0) is 0 Å². The highest BCUT2D eigenvalue weighted by Gasteiger charge is 2.23. The number of aryl methyl sites for hydroxylation is 1. The zero-order chi connectivity index (χ0) is 12.4. The Labute approximate surface area is 103 Å². The lowest BCUT2D eigenvalue weighted by atomic mass is 10.0. The molecule has 3 heteroatoms. The first kappa shape index (κ1) is 12.0. The van der Waals surface area contributed by atoms with Gasteiger partial charge in [-0.05, 0) is 31.4 Å². The van der Waals surface area contributed by atoms with E-state index in [1.807, 2.05) is 12.1 Å². The number of nitrogens with two attached hydrogens (primary N) is 1. The van der Waals surface area contributed by atoms with Crippen molar-refractivity contribution in [2.75, 3.05) is 11.9 Å². The van der Waals surface area contributed by atoms with Crippen LogP contribution in [0.25, 0.3) is 0 Å². The second-order valence-corrected chi connectivity index (χ2v) is 4.93. The van der Waals surface area contributed by atoms with Gasteiger partial charge in [0.2, 0.25) is 0 Å². The Morgan fingerprint density at radius 3 is 2.59 bits per heavy atom. The molecule has 0 spiro atoms. The first-order valence-electron chi connectivity index (χ1n) is 6.28. The lowest BCUT2D eigenvalue weighted by Crippen LogP contribution is -2.31. The van der Waals surface area contributed by atoms with Gasteiger partial charge in [-0.25, -0.2) is 0 Å². The molecular weight excluding hydrogens is 210 g/mol. The number of hydrogen-bond donors (Lipinski definition) is 2. The van der Waals surface area contributed by atoms with E-state index in [9.17, 15) is 0 Å². The number of nitrogens with zero attached hydrogens (tertiary/aromatic N) is 1. The molecule has 0 heterocycles. The summed E-state index contributed by atoms with van der Waals surface area (Å²) in [5.74, 6) is 0.161. The minimum Gasteiger partial charge on any atom is -0.384 e. The Hall–Kier alpha value is -1.51. The molecule has 1 aromatic carbocycles. The molecule has 92 valence electrons. The molecule has 0 aromatic heterocycles. The van der Waals surface area contributed by atoms with Crippen LogP contribution in [-0.4, -0.2) is 18.9 Å². The van der Waals surface area contributed by atoms with Gasteiger partial charge in [0.05, 0.1) is 5.69 Å². The highest BCUT2D eigenvalue weighted by molar-refractivity contribution is 6.01. The van der Waals surface area contributed by atoms with E-state index in [-0.39, 0.29) is 5.84 Å². The second kappa shape index (κ2) is 4.78. The zero-order valence-electron chi connectivity index (χ0n) is 10.7. The predicted octanol–water partition coefficient (Wildman–Crippen LogP) is 2.66. The smallest absolute Gasteiger partial charge is 0.124 e. The molecule has 0 aliphatic heterocycles. The fourth-order valence-corrected chi connectivity index (χ4v) is 2.82. The monoisotopic (exact) mass is 231 g/mol. The lowest BCUT2D eigenvalue weighted by molar-refractivity contribution is 0.651. The first-order chi connectivity index (χ1) is 8.11. The van der Waals surface area contributed by atoms with Crippen molar-refractivity contribution in [3.8, 4) is 0 Å². The Balaban J connectivity index is 2.38. The summed E-state index contributed by atoms with van der Waals surface area (Å²) >= 11 is 0. The molecule has 1 aliphatic carbocycles. The number of nitrogens with one attached hydrogen (secondary N) is 1. The third-order valence-electron chi connectivity index (χ3n) is 3.75. The fourth-order valence-electron chi connectivity index (χ4n) is 2.82. The highest BCUT2D eigenvalue weighted by Crippen LogP contribution is 2.31. The fraction of sp³-hybridized carbons (Fsp3) is 0.500. The maximum atomic E-state index is 7.69. The highest BCUT2D eigenvalue weighted by atomic mass is 15.1. The molecule has 0 amide bonds. The molecule has 3 nitrogen and oxygen atoms in total. The Morgan fingerprint density at radius 2 is 2.00 bits per heavy atom.